The summed E-state index contributed by atoms with van der Waals surface area (Å²) in [6.45, 7) is 12.1. The molecule has 1 fully saturated rings. The van der Waals surface area contributed by atoms with Gasteiger partial charge in [0.1, 0.15) is 5.75 Å². The van der Waals surface area contributed by atoms with Crippen molar-refractivity contribution in [1.82, 2.24) is 10.2 Å². The fourth-order valence-electron chi connectivity index (χ4n) is 3.76. The van der Waals surface area contributed by atoms with Crippen LogP contribution in [0.4, 0.5) is 0 Å². The molecule has 29 heavy (non-hydrogen) atoms. The second kappa shape index (κ2) is 9.93. The highest BCUT2D eigenvalue weighted by molar-refractivity contribution is 5.80. The Bertz CT molecular complexity index is 808. The molecule has 0 aliphatic carbocycles. The SMILES string of the molecule is Cc1ccc(C(C)C)c(O[C@@H](C)C(=O)NCc2ccc(CN3CCCC3)cc2)c1. The molecule has 1 saturated heterocycles. The van der Waals surface area contributed by atoms with Gasteiger partial charge in [0.05, 0.1) is 0 Å². The van der Waals surface area contributed by atoms with Crippen LogP contribution in [-0.4, -0.2) is 30.0 Å². The van der Waals surface area contributed by atoms with Gasteiger partial charge in [-0.1, -0.05) is 50.2 Å². The molecule has 0 unspecified atom stereocenters. The molecule has 4 nitrogen and oxygen atoms in total. The minimum atomic E-state index is -0.538. The highest BCUT2D eigenvalue weighted by Gasteiger charge is 2.17. The molecule has 2 aromatic rings. The van der Waals surface area contributed by atoms with Gasteiger partial charge in [-0.2, -0.15) is 0 Å². The number of nitrogens with zero attached hydrogens (tertiary/aromatic N) is 1. The number of hydrogen-bond acceptors (Lipinski definition) is 3. The average Bonchev–Trinajstić information content (AvgIpc) is 3.20. The Kier molecular flexibility index (Phi) is 7.32. The molecule has 3 rings (SSSR count). The fraction of sp³-hybridized carbons (Fsp3) is 0.480. The van der Waals surface area contributed by atoms with Crippen molar-refractivity contribution in [2.75, 3.05) is 13.1 Å². The number of rotatable bonds is 8. The lowest BCUT2D eigenvalue weighted by molar-refractivity contribution is -0.127. The average molecular weight is 395 g/mol. The van der Waals surface area contributed by atoms with Crippen LogP contribution in [0.2, 0.25) is 0 Å². The van der Waals surface area contributed by atoms with E-state index in [0.29, 0.717) is 12.5 Å². The molecular formula is C25H34N2O2. The summed E-state index contributed by atoms with van der Waals surface area (Å²) < 4.78 is 6.01. The summed E-state index contributed by atoms with van der Waals surface area (Å²) in [6.07, 6.45) is 2.08. The smallest absolute Gasteiger partial charge is 0.261 e. The first-order valence-corrected chi connectivity index (χ1v) is 10.8. The van der Waals surface area contributed by atoms with Gasteiger partial charge in [0.25, 0.3) is 5.91 Å². The summed E-state index contributed by atoms with van der Waals surface area (Å²) in [5.74, 6) is 1.05. The van der Waals surface area contributed by atoms with Gasteiger partial charge in [0, 0.05) is 13.1 Å². The Morgan fingerprint density at radius 3 is 2.34 bits per heavy atom. The number of amides is 1. The zero-order valence-electron chi connectivity index (χ0n) is 18.2. The van der Waals surface area contributed by atoms with Gasteiger partial charge in [0.2, 0.25) is 0 Å². The minimum absolute atomic E-state index is 0.0950. The standard InChI is InChI=1S/C25H34N2O2/c1-18(2)23-12-7-19(3)15-24(23)29-20(4)25(28)26-16-21-8-10-22(11-9-21)17-27-13-5-6-14-27/h7-12,15,18,20H,5-6,13-14,16-17H2,1-4H3,(H,26,28)/t20-/m0/s1. The van der Waals surface area contributed by atoms with E-state index in [1.165, 1.54) is 31.5 Å². The molecule has 0 aromatic heterocycles. The maximum Gasteiger partial charge on any atom is 0.261 e. The minimum Gasteiger partial charge on any atom is -0.481 e. The number of nitrogens with one attached hydrogen (secondary N) is 1. The van der Waals surface area contributed by atoms with E-state index in [9.17, 15) is 4.79 Å². The van der Waals surface area contributed by atoms with Crippen LogP contribution in [0.5, 0.6) is 5.75 Å². The van der Waals surface area contributed by atoms with Crippen molar-refractivity contribution in [3.05, 3.63) is 64.7 Å². The zero-order valence-corrected chi connectivity index (χ0v) is 18.2. The normalized spacial score (nSPS) is 15.5. The van der Waals surface area contributed by atoms with E-state index in [4.69, 9.17) is 4.74 Å². The molecule has 2 aromatic carbocycles. The summed E-state index contributed by atoms with van der Waals surface area (Å²) in [6, 6.07) is 14.7. The third kappa shape index (κ3) is 6.07. The maximum atomic E-state index is 12.5. The van der Waals surface area contributed by atoms with Gasteiger partial charge < -0.3 is 10.1 Å². The third-order valence-corrected chi connectivity index (χ3v) is 5.56. The number of benzene rings is 2. The number of likely N-dealkylation sites (tertiary alicyclic amines) is 1. The van der Waals surface area contributed by atoms with Crippen LogP contribution in [0.3, 0.4) is 0 Å². The second-order valence-electron chi connectivity index (χ2n) is 8.47. The number of ether oxygens (including phenoxy) is 1. The largest absolute Gasteiger partial charge is 0.481 e. The Balaban J connectivity index is 1.52. The Hall–Kier alpha value is -2.33. The fourth-order valence-corrected chi connectivity index (χ4v) is 3.76. The first-order valence-electron chi connectivity index (χ1n) is 10.8. The molecule has 1 atom stereocenters. The number of hydrogen-bond donors (Lipinski definition) is 1. The summed E-state index contributed by atoms with van der Waals surface area (Å²) in [7, 11) is 0. The van der Waals surface area contributed by atoms with Crippen molar-refractivity contribution < 1.29 is 9.53 Å². The van der Waals surface area contributed by atoms with Crippen LogP contribution in [0.15, 0.2) is 42.5 Å². The summed E-state index contributed by atoms with van der Waals surface area (Å²) in [5.41, 5.74) is 4.70. The van der Waals surface area contributed by atoms with Gasteiger partial charge in [0.15, 0.2) is 6.10 Å². The summed E-state index contributed by atoms with van der Waals surface area (Å²) in [5, 5.41) is 3.00. The molecular weight excluding hydrogens is 360 g/mol. The van der Waals surface area contributed by atoms with Crippen LogP contribution in [0.25, 0.3) is 0 Å². The van der Waals surface area contributed by atoms with Crippen molar-refractivity contribution in [2.45, 2.75) is 65.6 Å². The molecule has 0 saturated carbocycles. The topological polar surface area (TPSA) is 41.6 Å². The highest BCUT2D eigenvalue weighted by atomic mass is 16.5. The lowest BCUT2D eigenvalue weighted by atomic mass is 10.0. The van der Waals surface area contributed by atoms with Gasteiger partial charge >= 0.3 is 0 Å². The van der Waals surface area contributed by atoms with Crippen molar-refractivity contribution in [3.8, 4) is 5.75 Å². The molecule has 156 valence electrons. The van der Waals surface area contributed by atoms with E-state index in [1.54, 1.807) is 6.92 Å². The number of aryl methyl sites for hydroxylation is 1. The Labute approximate surface area is 175 Å². The molecule has 0 radical (unpaired) electrons. The first kappa shape index (κ1) is 21.4. The lowest BCUT2D eigenvalue weighted by Gasteiger charge is -2.19. The number of carbonyl (C=O) groups excluding carboxylic acids is 1. The predicted molar refractivity (Wildman–Crippen MR) is 118 cm³/mol. The third-order valence-electron chi connectivity index (χ3n) is 5.56. The molecule has 1 amide bonds. The monoisotopic (exact) mass is 394 g/mol. The summed E-state index contributed by atoms with van der Waals surface area (Å²) in [4.78, 5) is 15.0. The molecule has 1 aliphatic rings. The van der Waals surface area contributed by atoms with Crippen molar-refractivity contribution in [2.24, 2.45) is 0 Å². The van der Waals surface area contributed by atoms with Crippen LogP contribution >= 0.6 is 0 Å². The van der Waals surface area contributed by atoms with Gasteiger partial charge in [-0.25, -0.2) is 0 Å². The maximum absolute atomic E-state index is 12.5. The zero-order chi connectivity index (χ0) is 20.8. The van der Waals surface area contributed by atoms with Gasteiger partial charge in [-0.3, -0.25) is 9.69 Å². The molecule has 4 heteroatoms. The van der Waals surface area contributed by atoms with Crippen LogP contribution in [-0.2, 0) is 17.9 Å². The molecule has 1 aliphatic heterocycles. The quantitative estimate of drug-likeness (QED) is 0.699. The van der Waals surface area contributed by atoms with Gasteiger partial charge in [-0.05, 0) is 74.0 Å². The number of carbonyl (C=O) groups is 1. The van der Waals surface area contributed by atoms with Crippen LogP contribution in [0, 0.1) is 6.92 Å². The molecule has 1 heterocycles. The van der Waals surface area contributed by atoms with E-state index >= 15 is 0 Å². The van der Waals surface area contributed by atoms with E-state index in [2.05, 4.69) is 60.5 Å². The highest BCUT2D eigenvalue weighted by Crippen LogP contribution is 2.28. The van der Waals surface area contributed by atoms with E-state index < -0.39 is 6.10 Å². The van der Waals surface area contributed by atoms with Crippen LogP contribution < -0.4 is 10.1 Å². The first-order chi connectivity index (χ1) is 13.9. The predicted octanol–water partition coefficient (Wildman–Crippen LogP) is 4.80. The van der Waals surface area contributed by atoms with E-state index in [1.807, 2.05) is 13.0 Å². The lowest BCUT2D eigenvalue weighted by Crippen LogP contribution is -2.36. The van der Waals surface area contributed by atoms with Crippen molar-refractivity contribution >= 4 is 5.91 Å². The van der Waals surface area contributed by atoms with Crippen LogP contribution in [0.1, 0.15) is 61.8 Å². The molecule has 0 spiro atoms. The van der Waals surface area contributed by atoms with Gasteiger partial charge in [-0.15, -0.1) is 0 Å². The molecule has 0 bridgehead atoms. The van der Waals surface area contributed by atoms with Crippen molar-refractivity contribution in [1.29, 1.82) is 0 Å². The Morgan fingerprint density at radius 1 is 1.03 bits per heavy atom. The van der Waals surface area contributed by atoms with E-state index in [-0.39, 0.29) is 5.91 Å². The molecule has 1 N–H and O–H groups in total. The summed E-state index contributed by atoms with van der Waals surface area (Å²) >= 11 is 0. The Morgan fingerprint density at radius 2 is 1.69 bits per heavy atom. The van der Waals surface area contributed by atoms with E-state index in [0.717, 1.165) is 29.0 Å². The van der Waals surface area contributed by atoms with Crippen molar-refractivity contribution in [3.63, 3.8) is 0 Å². The second-order valence-corrected chi connectivity index (χ2v) is 8.47.